The second kappa shape index (κ2) is 7.87. The summed E-state index contributed by atoms with van der Waals surface area (Å²) in [5.74, 6) is -0.476. The lowest BCUT2D eigenvalue weighted by Crippen LogP contribution is -2.47. The zero-order valence-electron chi connectivity index (χ0n) is 17.0. The van der Waals surface area contributed by atoms with E-state index in [0.717, 1.165) is 42.1 Å². The van der Waals surface area contributed by atoms with E-state index in [1.54, 1.807) is 18.7 Å². The molecule has 152 valence electrons. The number of carbonyl (C=O) groups excluding carboxylic acids is 2. The average Bonchev–Trinajstić information content (AvgIpc) is 3.18. The molecule has 4 rings (SSSR count). The fourth-order valence-electron chi connectivity index (χ4n) is 3.92. The topological polar surface area (TPSA) is 61.9 Å². The molecule has 2 aromatic carbocycles. The van der Waals surface area contributed by atoms with Gasteiger partial charge in [0.1, 0.15) is 5.41 Å². The van der Waals surface area contributed by atoms with E-state index in [4.69, 9.17) is 4.74 Å². The first-order valence-electron chi connectivity index (χ1n) is 10.1. The molecule has 0 radical (unpaired) electrons. The number of rotatable bonds is 4. The summed E-state index contributed by atoms with van der Waals surface area (Å²) in [5.41, 5.74) is 2.55. The van der Waals surface area contributed by atoms with Crippen LogP contribution in [0.3, 0.4) is 0 Å². The first-order valence-corrected chi connectivity index (χ1v) is 10.1. The number of fused-ring (bicyclic) bond motifs is 1. The maximum Gasteiger partial charge on any atom is 0.242 e. The maximum absolute atomic E-state index is 13.3. The molecule has 0 atom stereocenters. The molecule has 2 aliphatic rings. The standard InChI is InChI=1S/C23H27N3O3/c1-23(2,22(28)26-12-11-17-7-3-5-9-19(17)26)21(27)24-18-8-4-6-10-20(18)25-13-15-29-16-14-25/h3-10H,11-16H2,1-2H3,(H,24,27). The van der Waals surface area contributed by atoms with Crippen molar-refractivity contribution in [1.82, 2.24) is 0 Å². The van der Waals surface area contributed by atoms with Gasteiger partial charge in [0.2, 0.25) is 11.8 Å². The molecule has 0 unspecified atom stereocenters. The van der Waals surface area contributed by atoms with Crippen LogP contribution in [0.25, 0.3) is 0 Å². The van der Waals surface area contributed by atoms with Crippen molar-refractivity contribution in [2.24, 2.45) is 5.41 Å². The predicted octanol–water partition coefficient (Wildman–Crippen LogP) is 3.08. The normalized spacial score (nSPS) is 16.5. The zero-order valence-corrected chi connectivity index (χ0v) is 17.0. The van der Waals surface area contributed by atoms with Gasteiger partial charge in [-0.3, -0.25) is 9.59 Å². The highest BCUT2D eigenvalue weighted by molar-refractivity contribution is 6.15. The Hall–Kier alpha value is -2.86. The van der Waals surface area contributed by atoms with Gasteiger partial charge in [-0.1, -0.05) is 30.3 Å². The minimum atomic E-state index is -1.18. The van der Waals surface area contributed by atoms with E-state index in [2.05, 4.69) is 10.2 Å². The summed E-state index contributed by atoms with van der Waals surface area (Å²) in [5, 5.41) is 3.01. The van der Waals surface area contributed by atoms with Gasteiger partial charge in [0.25, 0.3) is 0 Å². The molecule has 29 heavy (non-hydrogen) atoms. The Morgan fingerprint density at radius 3 is 2.34 bits per heavy atom. The second-order valence-corrected chi connectivity index (χ2v) is 8.03. The summed E-state index contributed by atoms with van der Waals surface area (Å²) in [6.07, 6.45) is 0.819. The van der Waals surface area contributed by atoms with Gasteiger partial charge in [-0.15, -0.1) is 0 Å². The summed E-state index contributed by atoms with van der Waals surface area (Å²) in [6, 6.07) is 15.6. The minimum absolute atomic E-state index is 0.177. The van der Waals surface area contributed by atoms with Crippen molar-refractivity contribution < 1.29 is 14.3 Å². The van der Waals surface area contributed by atoms with Crippen LogP contribution < -0.4 is 15.1 Å². The number of amides is 2. The number of morpholine rings is 1. The van der Waals surface area contributed by atoms with Crippen LogP contribution >= 0.6 is 0 Å². The average molecular weight is 393 g/mol. The Labute approximate surface area is 171 Å². The summed E-state index contributed by atoms with van der Waals surface area (Å²) in [7, 11) is 0. The van der Waals surface area contributed by atoms with E-state index in [0.29, 0.717) is 19.8 Å². The number of para-hydroxylation sites is 3. The number of benzene rings is 2. The molecule has 1 N–H and O–H groups in total. The first-order chi connectivity index (χ1) is 14.0. The van der Waals surface area contributed by atoms with E-state index in [1.807, 2.05) is 48.5 Å². The van der Waals surface area contributed by atoms with Crippen LogP contribution in [0, 0.1) is 5.41 Å². The number of nitrogens with zero attached hydrogens (tertiary/aromatic N) is 2. The Balaban J connectivity index is 1.53. The van der Waals surface area contributed by atoms with E-state index in [-0.39, 0.29) is 11.8 Å². The molecule has 2 aliphatic heterocycles. The summed E-state index contributed by atoms with van der Waals surface area (Å²) in [4.78, 5) is 30.4. The Kier molecular flexibility index (Phi) is 5.28. The molecular formula is C23H27N3O3. The van der Waals surface area contributed by atoms with Crippen LogP contribution in [0.2, 0.25) is 0 Å². The van der Waals surface area contributed by atoms with Gasteiger partial charge < -0.3 is 19.9 Å². The van der Waals surface area contributed by atoms with Crippen LogP contribution in [0.5, 0.6) is 0 Å². The van der Waals surface area contributed by atoms with E-state index >= 15 is 0 Å². The maximum atomic E-state index is 13.3. The molecule has 0 aliphatic carbocycles. The molecule has 0 saturated carbocycles. The Bertz CT molecular complexity index is 919. The van der Waals surface area contributed by atoms with Crippen LogP contribution in [0.4, 0.5) is 17.1 Å². The van der Waals surface area contributed by atoms with Crippen LogP contribution in [-0.4, -0.2) is 44.7 Å². The third-order valence-electron chi connectivity index (χ3n) is 5.74. The van der Waals surface area contributed by atoms with Crippen molar-refractivity contribution in [3.8, 4) is 0 Å². The number of hydrogen-bond donors (Lipinski definition) is 1. The van der Waals surface area contributed by atoms with E-state index in [9.17, 15) is 9.59 Å². The van der Waals surface area contributed by atoms with Crippen molar-refractivity contribution in [2.45, 2.75) is 20.3 Å². The smallest absolute Gasteiger partial charge is 0.242 e. The number of carbonyl (C=O) groups is 2. The molecule has 6 nitrogen and oxygen atoms in total. The lowest BCUT2D eigenvalue weighted by atomic mass is 9.90. The number of nitrogens with one attached hydrogen (secondary N) is 1. The largest absolute Gasteiger partial charge is 0.378 e. The zero-order chi connectivity index (χ0) is 20.4. The number of ether oxygens (including phenoxy) is 1. The monoisotopic (exact) mass is 393 g/mol. The lowest BCUT2D eigenvalue weighted by Gasteiger charge is -2.32. The molecule has 6 heteroatoms. The van der Waals surface area contributed by atoms with Crippen LogP contribution in [-0.2, 0) is 20.7 Å². The third-order valence-corrected chi connectivity index (χ3v) is 5.74. The fraction of sp³-hybridized carbons (Fsp3) is 0.391. The molecule has 0 spiro atoms. The Morgan fingerprint density at radius 1 is 0.931 bits per heavy atom. The van der Waals surface area contributed by atoms with Gasteiger partial charge in [0.05, 0.1) is 24.6 Å². The highest BCUT2D eigenvalue weighted by atomic mass is 16.5. The molecule has 1 fully saturated rings. The van der Waals surface area contributed by atoms with Gasteiger partial charge in [0.15, 0.2) is 0 Å². The molecular weight excluding hydrogens is 366 g/mol. The molecule has 0 aromatic heterocycles. The molecule has 2 heterocycles. The van der Waals surface area contributed by atoms with E-state index in [1.165, 1.54) is 0 Å². The van der Waals surface area contributed by atoms with Crippen molar-refractivity contribution in [2.75, 3.05) is 48.0 Å². The molecule has 0 bridgehead atoms. The van der Waals surface area contributed by atoms with Gasteiger partial charge >= 0.3 is 0 Å². The van der Waals surface area contributed by atoms with Gasteiger partial charge in [0, 0.05) is 25.3 Å². The lowest BCUT2D eigenvalue weighted by molar-refractivity contribution is -0.136. The fourth-order valence-corrected chi connectivity index (χ4v) is 3.92. The quantitative estimate of drug-likeness (QED) is 0.811. The number of hydrogen-bond acceptors (Lipinski definition) is 4. The van der Waals surface area contributed by atoms with Crippen molar-refractivity contribution in [3.63, 3.8) is 0 Å². The molecule has 1 saturated heterocycles. The third kappa shape index (κ3) is 3.72. The summed E-state index contributed by atoms with van der Waals surface area (Å²) in [6.45, 7) is 6.89. The minimum Gasteiger partial charge on any atom is -0.378 e. The summed E-state index contributed by atoms with van der Waals surface area (Å²) >= 11 is 0. The van der Waals surface area contributed by atoms with Crippen LogP contribution in [0.1, 0.15) is 19.4 Å². The molecule has 2 amide bonds. The molecule has 2 aromatic rings. The SMILES string of the molecule is CC(C)(C(=O)Nc1ccccc1N1CCOCC1)C(=O)N1CCc2ccccc21. The van der Waals surface area contributed by atoms with Gasteiger partial charge in [-0.25, -0.2) is 0 Å². The highest BCUT2D eigenvalue weighted by Gasteiger charge is 2.41. The van der Waals surface area contributed by atoms with E-state index < -0.39 is 5.41 Å². The Morgan fingerprint density at radius 2 is 1.59 bits per heavy atom. The van der Waals surface area contributed by atoms with Gasteiger partial charge in [-0.2, -0.15) is 0 Å². The van der Waals surface area contributed by atoms with Crippen molar-refractivity contribution in [3.05, 3.63) is 54.1 Å². The highest BCUT2D eigenvalue weighted by Crippen LogP contribution is 2.33. The number of anilines is 3. The van der Waals surface area contributed by atoms with Crippen molar-refractivity contribution >= 4 is 28.9 Å². The predicted molar refractivity (Wildman–Crippen MR) is 114 cm³/mol. The van der Waals surface area contributed by atoms with Crippen LogP contribution in [0.15, 0.2) is 48.5 Å². The van der Waals surface area contributed by atoms with Crippen molar-refractivity contribution in [1.29, 1.82) is 0 Å². The second-order valence-electron chi connectivity index (χ2n) is 8.03. The summed E-state index contributed by atoms with van der Waals surface area (Å²) < 4.78 is 5.43. The first kappa shape index (κ1) is 19.5. The van der Waals surface area contributed by atoms with Gasteiger partial charge in [-0.05, 0) is 44.0 Å².